The predicted octanol–water partition coefficient (Wildman–Crippen LogP) is 3.54. The number of hydrogen-bond donors (Lipinski definition) is 4. The quantitative estimate of drug-likeness (QED) is 0.372. The SMILES string of the molecule is CCNC(=NCC(C)(O)c1cccs1)NCCc1c[nH]c2c(C)cccc12. The van der Waals surface area contributed by atoms with Crippen LogP contribution < -0.4 is 10.6 Å². The molecule has 0 bridgehead atoms. The maximum absolute atomic E-state index is 10.7. The second-order valence-electron chi connectivity index (χ2n) is 6.93. The van der Waals surface area contributed by atoms with Crippen molar-refractivity contribution in [3.63, 3.8) is 0 Å². The molecular weight excluding hydrogens is 356 g/mol. The van der Waals surface area contributed by atoms with E-state index in [0.29, 0.717) is 6.54 Å². The third kappa shape index (κ3) is 4.70. The molecule has 1 aromatic carbocycles. The molecule has 0 saturated carbocycles. The Kier molecular flexibility index (Phi) is 6.19. The van der Waals surface area contributed by atoms with E-state index in [-0.39, 0.29) is 0 Å². The summed E-state index contributed by atoms with van der Waals surface area (Å²) in [6.45, 7) is 7.83. The number of aliphatic hydroxyl groups is 1. The van der Waals surface area contributed by atoms with Gasteiger partial charge in [0.25, 0.3) is 0 Å². The molecule has 144 valence electrons. The first-order valence-electron chi connectivity index (χ1n) is 9.35. The lowest BCUT2D eigenvalue weighted by Crippen LogP contribution is -2.39. The van der Waals surface area contributed by atoms with E-state index in [0.717, 1.165) is 30.3 Å². The van der Waals surface area contributed by atoms with Gasteiger partial charge in [0.1, 0.15) is 5.60 Å². The van der Waals surface area contributed by atoms with E-state index >= 15 is 0 Å². The molecule has 0 radical (unpaired) electrons. The van der Waals surface area contributed by atoms with E-state index in [9.17, 15) is 5.11 Å². The topological polar surface area (TPSA) is 72.4 Å². The lowest BCUT2D eigenvalue weighted by molar-refractivity contribution is 0.0711. The number of rotatable bonds is 7. The maximum Gasteiger partial charge on any atom is 0.191 e. The van der Waals surface area contributed by atoms with E-state index in [1.54, 1.807) is 18.3 Å². The van der Waals surface area contributed by atoms with Gasteiger partial charge in [0.15, 0.2) is 5.96 Å². The summed E-state index contributed by atoms with van der Waals surface area (Å²) in [6.07, 6.45) is 2.99. The Morgan fingerprint density at radius 3 is 2.85 bits per heavy atom. The molecule has 1 unspecified atom stereocenters. The van der Waals surface area contributed by atoms with E-state index in [1.807, 2.05) is 24.4 Å². The highest BCUT2D eigenvalue weighted by Crippen LogP contribution is 2.25. The van der Waals surface area contributed by atoms with Crippen molar-refractivity contribution >= 4 is 28.2 Å². The molecule has 0 amide bonds. The molecule has 3 rings (SSSR count). The van der Waals surface area contributed by atoms with Gasteiger partial charge in [0.2, 0.25) is 0 Å². The number of nitrogens with zero attached hydrogens (tertiary/aromatic N) is 1. The number of H-pyrrole nitrogens is 1. The molecule has 0 saturated heterocycles. The number of aromatic amines is 1. The third-order valence-corrected chi connectivity index (χ3v) is 5.76. The Morgan fingerprint density at radius 2 is 2.11 bits per heavy atom. The van der Waals surface area contributed by atoms with Gasteiger partial charge >= 0.3 is 0 Å². The number of aliphatic imine (C=N–C) groups is 1. The van der Waals surface area contributed by atoms with Crippen LogP contribution in [0.4, 0.5) is 0 Å². The van der Waals surface area contributed by atoms with Crippen LogP contribution in [0.15, 0.2) is 46.9 Å². The Balaban J connectivity index is 1.61. The van der Waals surface area contributed by atoms with Crippen molar-refractivity contribution in [2.45, 2.75) is 32.8 Å². The molecule has 1 atom stereocenters. The molecule has 0 aliphatic carbocycles. The van der Waals surface area contributed by atoms with Crippen LogP contribution in [0.5, 0.6) is 0 Å². The average Bonchev–Trinajstić information content (AvgIpc) is 3.31. The highest BCUT2D eigenvalue weighted by atomic mass is 32.1. The summed E-state index contributed by atoms with van der Waals surface area (Å²) in [6, 6.07) is 10.3. The number of fused-ring (bicyclic) bond motifs is 1. The molecule has 2 heterocycles. The fraction of sp³-hybridized carbons (Fsp3) is 0.381. The van der Waals surface area contributed by atoms with Crippen LogP contribution >= 0.6 is 11.3 Å². The summed E-state index contributed by atoms with van der Waals surface area (Å²) in [7, 11) is 0. The fourth-order valence-corrected chi connectivity index (χ4v) is 3.90. The highest BCUT2D eigenvalue weighted by Gasteiger charge is 2.23. The summed E-state index contributed by atoms with van der Waals surface area (Å²) >= 11 is 1.55. The smallest absolute Gasteiger partial charge is 0.191 e. The Morgan fingerprint density at radius 1 is 1.26 bits per heavy atom. The van der Waals surface area contributed by atoms with Gasteiger partial charge in [-0.1, -0.05) is 24.3 Å². The minimum Gasteiger partial charge on any atom is -0.383 e. The number of thiophene rings is 1. The van der Waals surface area contributed by atoms with Gasteiger partial charge in [-0.15, -0.1) is 11.3 Å². The fourth-order valence-electron chi connectivity index (χ4n) is 3.12. The summed E-state index contributed by atoms with van der Waals surface area (Å²) in [5, 5.41) is 20.5. The zero-order chi connectivity index (χ0) is 19.3. The van der Waals surface area contributed by atoms with Crippen LogP contribution in [0.2, 0.25) is 0 Å². The zero-order valence-electron chi connectivity index (χ0n) is 16.2. The lowest BCUT2D eigenvalue weighted by Gasteiger charge is -2.20. The molecule has 0 fully saturated rings. The van der Waals surface area contributed by atoms with Crippen LogP contribution in [-0.4, -0.2) is 35.7 Å². The first-order chi connectivity index (χ1) is 13.0. The number of hydrogen-bond acceptors (Lipinski definition) is 3. The van der Waals surface area contributed by atoms with E-state index in [2.05, 4.69) is 51.9 Å². The number of benzene rings is 1. The summed E-state index contributed by atoms with van der Waals surface area (Å²) < 4.78 is 0. The maximum atomic E-state index is 10.7. The molecule has 0 aliphatic rings. The van der Waals surface area contributed by atoms with Crippen molar-refractivity contribution in [1.29, 1.82) is 0 Å². The number of para-hydroxylation sites is 1. The Bertz CT molecular complexity index is 896. The van der Waals surface area contributed by atoms with Crippen LogP contribution in [0, 0.1) is 6.92 Å². The van der Waals surface area contributed by atoms with Gasteiger partial charge in [-0.3, -0.25) is 0 Å². The number of nitrogens with one attached hydrogen (secondary N) is 3. The predicted molar refractivity (Wildman–Crippen MR) is 115 cm³/mol. The molecule has 5 nitrogen and oxygen atoms in total. The molecule has 0 spiro atoms. The van der Waals surface area contributed by atoms with Gasteiger partial charge in [-0.25, -0.2) is 4.99 Å². The molecule has 6 heteroatoms. The van der Waals surface area contributed by atoms with Crippen molar-refractivity contribution < 1.29 is 5.11 Å². The first-order valence-corrected chi connectivity index (χ1v) is 10.2. The van der Waals surface area contributed by atoms with E-state index < -0.39 is 5.60 Å². The standard InChI is InChI=1S/C21H28N4OS/c1-4-22-20(25-14-21(3,26)18-9-6-12-27-18)23-11-10-16-13-24-19-15(2)7-5-8-17(16)19/h5-9,12-13,24,26H,4,10-11,14H2,1-3H3,(H2,22,23,25). The number of aromatic nitrogens is 1. The van der Waals surface area contributed by atoms with Crippen molar-refractivity contribution in [1.82, 2.24) is 15.6 Å². The number of guanidine groups is 1. The van der Waals surface area contributed by atoms with Gasteiger partial charge in [-0.05, 0) is 49.8 Å². The Hall–Kier alpha value is -2.31. The van der Waals surface area contributed by atoms with Gasteiger partial charge in [0, 0.05) is 35.1 Å². The van der Waals surface area contributed by atoms with E-state index in [4.69, 9.17) is 0 Å². The largest absolute Gasteiger partial charge is 0.383 e. The van der Waals surface area contributed by atoms with E-state index in [1.165, 1.54) is 22.0 Å². The Labute approximate surface area is 164 Å². The lowest BCUT2D eigenvalue weighted by atomic mass is 10.1. The van der Waals surface area contributed by atoms with Crippen LogP contribution in [0.3, 0.4) is 0 Å². The molecule has 0 aliphatic heterocycles. The van der Waals surface area contributed by atoms with Crippen molar-refractivity contribution in [3.8, 4) is 0 Å². The van der Waals surface area contributed by atoms with Crippen LogP contribution in [0.1, 0.15) is 29.9 Å². The van der Waals surface area contributed by atoms with Gasteiger partial charge in [0.05, 0.1) is 6.54 Å². The normalized spacial score (nSPS) is 14.3. The highest BCUT2D eigenvalue weighted by molar-refractivity contribution is 7.10. The van der Waals surface area contributed by atoms with Crippen molar-refractivity contribution in [2.75, 3.05) is 19.6 Å². The second kappa shape index (κ2) is 8.59. The minimum absolute atomic E-state index is 0.315. The van der Waals surface area contributed by atoms with Crippen LogP contribution in [0.25, 0.3) is 10.9 Å². The zero-order valence-corrected chi connectivity index (χ0v) is 17.0. The number of aryl methyl sites for hydroxylation is 1. The van der Waals surface area contributed by atoms with Gasteiger partial charge in [-0.2, -0.15) is 0 Å². The minimum atomic E-state index is -0.953. The summed E-state index contributed by atoms with van der Waals surface area (Å²) in [5.74, 6) is 0.727. The average molecular weight is 385 g/mol. The molecular formula is C21H28N4OS. The molecule has 2 aromatic heterocycles. The third-order valence-electron chi connectivity index (χ3n) is 4.64. The monoisotopic (exact) mass is 384 g/mol. The van der Waals surface area contributed by atoms with Crippen LogP contribution in [-0.2, 0) is 12.0 Å². The molecule has 27 heavy (non-hydrogen) atoms. The van der Waals surface area contributed by atoms with Crippen molar-refractivity contribution in [2.24, 2.45) is 4.99 Å². The molecule has 4 N–H and O–H groups in total. The summed E-state index contributed by atoms with van der Waals surface area (Å²) in [5.41, 5.74) is 2.81. The van der Waals surface area contributed by atoms with Crippen molar-refractivity contribution in [3.05, 3.63) is 57.9 Å². The second-order valence-corrected chi connectivity index (χ2v) is 7.88. The summed E-state index contributed by atoms with van der Waals surface area (Å²) in [4.78, 5) is 8.88. The molecule has 3 aromatic rings. The van der Waals surface area contributed by atoms with Gasteiger partial charge < -0.3 is 20.7 Å². The first kappa shape index (κ1) is 19.5.